The Balaban J connectivity index is 1.76. The number of carbonyl (C=O) groups excluding carboxylic acids is 2. The normalized spacial score (nSPS) is 17.3. The zero-order valence-corrected chi connectivity index (χ0v) is 15.2. The number of anilines is 1. The smallest absolute Gasteiger partial charge is 0.338 e. The van der Waals surface area contributed by atoms with E-state index >= 15 is 0 Å². The van der Waals surface area contributed by atoms with Gasteiger partial charge in [0.05, 0.1) is 17.4 Å². The first-order valence-corrected chi connectivity index (χ1v) is 9.88. The van der Waals surface area contributed by atoms with Crippen LogP contribution >= 0.6 is 0 Å². The molecule has 2 aromatic rings. The van der Waals surface area contributed by atoms with Gasteiger partial charge in [0.2, 0.25) is 0 Å². The van der Waals surface area contributed by atoms with Crippen molar-refractivity contribution in [3.63, 3.8) is 0 Å². The maximum Gasteiger partial charge on any atom is 0.338 e. The van der Waals surface area contributed by atoms with Gasteiger partial charge in [0, 0.05) is 17.2 Å². The second kappa shape index (κ2) is 7.89. The lowest BCUT2D eigenvalue weighted by Crippen LogP contribution is -2.43. The van der Waals surface area contributed by atoms with Crippen molar-refractivity contribution in [3.05, 3.63) is 77.2 Å². The molecule has 1 atom stereocenters. The predicted octanol–water partition coefficient (Wildman–Crippen LogP) is 2.47. The molecule has 28 heavy (non-hydrogen) atoms. The molecular formula is C19H15F2NO5S. The first-order valence-electron chi connectivity index (χ1n) is 8.16. The molecule has 0 aliphatic carbocycles. The molecule has 0 spiro atoms. The van der Waals surface area contributed by atoms with Crippen molar-refractivity contribution >= 4 is 27.4 Å². The van der Waals surface area contributed by atoms with Crippen molar-refractivity contribution in [2.45, 2.75) is 6.04 Å². The summed E-state index contributed by atoms with van der Waals surface area (Å²) in [6.45, 7) is -0.726. The highest BCUT2D eigenvalue weighted by Gasteiger charge is 2.31. The van der Waals surface area contributed by atoms with Gasteiger partial charge < -0.3 is 9.64 Å². The molecule has 1 amide bonds. The molecule has 0 N–H and O–H groups in total. The van der Waals surface area contributed by atoms with Crippen molar-refractivity contribution in [3.8, 4) is 0 Å². The van der Waals surface area contributed by atoms with Crippen LogP contribution in [0.3, 0.4) is 0 Å². The van der Waals surface area contributed by atoms with Crippen molar-refractivity contribution in [1.29, 1.82) is 0 Å². The summed E-state index contributed by atoms with van der Waals surface area (Å²) in [4.78, 5) is 25.9. The quantitative estimate of drug-likeness (QED) is 0.712. The summed E-state index contributed by atoms with van der Waals surface area (Å²) in [5.41, 5.74) is 0.0481. The Morgan fingerprint density at radius 1 is 1.07 bits per heavy atom. The van der Waals surface area contributed by atoms with Crippen LogP contribution in [0.2, 0.25) is 0 Å². The minimum absolute atomic E-state index is 0.295. The largest absolute Gasteiger partial charge is 0.452 e. The first-order chi connectivity index (χ1) is 13.2. The zero-order valence-electron chi connectivity index (χ0n) is 14.4. The zero-order chi connectivity index (χ0) is 20.3. The Bertz CT molecular complexity index is 1020. The lowest BCUT2D eigenvalue weighted by Gasteiger charge is -2.27. The molecule has 2 aromatic carbocycles. The molecule has 0 radical (unpaired) electrons. The Morgan fingerprint density at radius 3 is 2.29 bits per heavy atom. The highest BCUT2D eigenvalue weighted by atomic mass is 32.2. The van der Waals surface area contributed by atoms with E-state index in [9.17, 15) is 26.8 Å². The van der Waals surface area contributed by atoms with E-state index in [0.29, 0.717) is 11.8 Å². The van der Waals surface area contributed by atoms with Crippen LogP contribution in [-0.4, -0.2) is 38.7 Å². The lowest BCUT2D eigenvalue weighted by molar-refractivity contribution is -0.121. The molecule has 0 fully saturated rings. The van der Waals surface area contributed by atoms with Crippen LogP contribution in [-0.2, 0) is 19.4 Å². The average molecular weight is 407 g/mol. The molecule has 1 aliphatic heterocycles. The van der Waals surface area contributed by atoms with Crippen molar-refractivity contribution < 1.29 is 31.5 Å². The summed E-state index contributed by atoms with van der Waals surface area (Å²) in [6, 6.07) is 9.71. The fraction of sp³-hybridized carbons (Fsp3) is 0.158. The third-order valence-electron chi connectivity index (χ3n) is 3.97. The van der Waals surface area contributed by atoms with E-state index in [0.717, 1.165) is 17.5 Å². The topological polar surface area (TPSA) is 80.8 Å². The number of esters is 1. The van der Waals surface area contributed by atoms with E-state index < -0.39 is 46.0 Å². The van der Waals surface area contributed by atoms with E-state index in [2.05, 4.69) is 0 Å². The standard InChI is InChI=1S/C19H15F2NO5S/c20-14-8-13(9-15(21)10-14)19(24)27-11-18(23)22(16-4-2-1-3-5-16)17-6-7-28(25,26)12-17/h1-10,17H,11-12H2/t17-/m0/s1. The van der Waals surface area contributed by atoms with Gasteiger partial charge in [0.1, 0.15) is 11.6 Å². The molecule has 0 aromatic heterocycles. The second-order valence-corrected chi connectivity index (χ2v) is 7.99. The van der Waals surface area contributed by atoms with Crippen molar-refractivity contribution in [2.75, 3.05) is 17.3 Å². The predicted molar refractivity (Wildman–Crippen MR) is 97.3 cm³/mol. The molecule has 6 nitrogen and oxygen atoms in total. The van der Waals surface area contributed by atoms with Gasteiger partial charge in [-0.25, -0.2) is 22.0 Å². The van der Waals surface area contributed by atoms with Crippen LogP contribution in [0.5, 0.6) is 0 Å². The van der Waals surface area contributed by atoms with Gasteiger partial charge in [-0.3, -0.25) is 4.79 Å². The highest BCUT2D eigenvalue weighted by Crippen LogP contribution is 2.23. The van der Waals surface area contributed by atoms with Gasteiger partial charge in [-0.1, -0.05) is 18.2 Å². The summed E-state index contributed by atoms with van der Waals surface area (Å²) < 4.78 is 54.8. The van der Waals surface area contributed by atoms with E-state index in [4.69, 9.17) is 4.74 Å². The van der Waals surface area contributed by atoms with Crippen LogP contribution < -0.4 is 4.90 Å². The van der Waals surface area contributed by atoms with Crippen molar-refractivity contribution in [1.82, 2.24) is 0 Å². The summed E-state index contributed by atoms with van der Waals surface area (Å²) in [5, 5.41) is 1.03. The average Bonchev–Trinajstić information content (AvgIpc) is 2.99. The Kier molecular flexibility index (Phi) is 5.55. The number of amides is 1. The van der Waals surface area contributed by atoms with Crippen LogP contribution in [0.4, 0.5) is 14.5 Å². The van der Waals surface area contributed by atoms with E-state index in [-0.39, 0.29) is 11.3 Å². The molecule has 0 saturated heterocycles. The molecule has 9 heteroatoms. The maximum atomic E-state index is 13.2. The van der Waals surface area contributed by atoms with Gasteiger partial charge in [0.25, 0.3) is 5.91 Å². The number of ether oxygens (including phenoxy) is 1. The maximum absolute atomic E-state index is 13.2. The van der Waals surface area contributed by atoms with Crippen LogP contribution in [0, 0.1) is 11.6 Å². The molecule has 3 rings (SSSR count). The number of halogens is 2. The molecule has 146 valence electrons. The lowest BCUT2D eigenvalue weighted by atomic mass is 10.2. The number of hydrogen-bond acceptors (Lipinski definition) is 5. The van der Waals surface area contributed by atoms with Gasteiger partial charge in [-0.15, -0.1) is 0 Å². The number of nitrogens with zero attached hydrogens (tertiary/aromatic N) is 1. The summed E-state index contributed by atoms with van der Waals surface area (Å²) in [7, 11) is -3.43. The molecular weight excluding hydrogens is 392 g/mol. The number of benzene rings is 2. The van der Waals surface area contributed by atoms with Crippen LogP contribution in [0.1, 0.15) is 10.4 Å². The summed E-state index contributed by atoms with van der Waals surface area (Å²) in [6.07, 6.45) is 1.38. The van der Waals surface area contributed by atoms with Gasteiger partial charge in [-0.2, -0.15) is 0 Å². The fourth-order valence-electron chi connectivity index (χ4n) is 2.78. The highest BCUT2D eigenvalue weighted by molar-refractivity contribution is 7.94. The summed E-state index contributed by atoms with van der Waals surface area (Å²) in [5.74, 6) is -3.95. The van der Waals surface area contributed by atoms with Gasteiger partial charge in [-0.05, 0) is 30.3 Å². The van der Waals surface area contributed by atoms with Crippen molar-refractivity contribution in [2.24, 2.45) is 0 Å². The Morgan fingerprint density at radius 2 is 1.71 bits per heavy atom. The van der Waals surface area contributed by atoms with Crippen LogP contribution in [0.25, 0.3) is 0 Å². The third kappa shape index (κ3) is 4.61. The second-order valence-electron chi connectivity index (χ2n) is 6.06. The van der Waals surface area contributed by atoms with E-state index in [1.165, 1.54) is 11.0 Å². The van der Waals surface area contributed by atoms with E-state index in [1.807, 2.05) is 0 Å². The monoisotopic (exact) mass is 407 g/mol. The number of sulfone groups is 1. The van der Waals surface area contributed by atoms with Gasteiger partial charge >= 0.3 is 5.97 Å². The molecule has 0 unspecified atom stereocenters. The Labute approximate surface area is 160 Å². The number of hydrogen-bond donors (Lipinski definition) is 0. The molecule has 1 heterocycles. The minimum Gasteiger partial charge on any atom is -0.452 e. The first kappa shape index (κ1) is 19.7. The SMILES string of the molecule is O=C(OCC(=O)N(c1ccccc1)[C@H]1C=CS(=O)(=O)C1)c1cc(F)cc(F)c1. The van der Waals surface area contributed by atoms with Crippen LogP contribution in [0.15, 0.2) is 60.0 Å². The number of para-hydroxylation sites is 1. The third-order valence-corrected chi connectivity index (χ3v) is 5.35. The fourth-order valence-corrected chi connectivity index (χ4v) is 4.05. The minimum atomic E-state index is -3.43. The summed E-state index contributed by atoms with van der Waals surface area (Å²) >= 11 is 0. The number of carbonyl (C=O) groups is 2. The molecule has 1 aliphatic rings. The van der Waals surface area contributed by atoms with E-state index in [1.54, 1.807) is 30.3 Å². The van der Waals surface area contributed by atoms with Gasteiger partial charge in [0.15, 0.2) is 16.4 Å². The molecule has 0 bridgehead atoms. The number of rotatable bonds is 5. The molecule has 0 saturated carbocycles. The Hall–Kier alpha value is -3.07.